The summed E-state index contributed by atoms with van der Waals surface area (Å²) < 4.78 is 5.59. The summed E-state index contributed by atoms with van der Waals surface area (Å²) in [6.45, 7) is 4.88. The molecule has 120 valence electrons. The van der Waals surface area contributed by atoms with Gasteiger partial charge >= 0.3 is 0 Å². The molecule has 0 saturated carbocycles. The van der Waals surface area contributed by atoms with Crippen LogP contribution in [-0.2, 0) is 12.1 Å². The van der Waals surface area contributed by atoms with E-state index in [2.05, 4.69) is 10.3 Å². The summed E-state index contributed by atoms with van der Waals surface area (Å²) in [4.78, 5) is 5.50. The van der Waals surface area contributed by atoms with Crippen LogP contribution in [0.1, 0.15) is 23.1 Å². The Bertz CT molecular complexity index is 762. The average molecular weight is 328 g/mol. The van der Waals surface area contributed by atoms with Crippen LogP contribution in [0.15, 0.2) is 53.1 Å². The van der Waals surface area contributed by atoms with Crippen LogP contribution in [0.5, 0.6) is 0 Å². The van der Waals surface area contributed by atoms with Crippen LogP contribution < -0.4 is 5.32 Å². The number of furan rings is 1. The molecule has 3 aromatic rings. The Labute approximate surface area is 139 Å². The quantitative estimate of drug-likeness (QED) is 0.724. The molecular formula is C18H20N2O2S. The van der Waals surface area contributed by atoms with E-state index < -0.39 is 5.60 Å². The van der Waals surface area contributed by atoms with Gasteiger partial charge in [0, 0.05) is 24.2 Å². The van der Waals surface area contributed by atoms with Gasteiger partial charge in [0.1, 0.15) is 5.76 Å². The van der Waals surface area contributed by atoms with Gasteiger partial charge in [0.2, 0.25) is 0 Å². The molecule has 0 aliphatic rings. The number of nitrogens with zero attached hydrogens (tertiary/aromatic N) is 1. The van der Waals surface area contributed by atoms with Crippen LogP contribution in [-0.4, -0.2) is 16.6 Å². The molecule has 5 heteroatoms. The minimum atomic E-state index is -0.896. The predicted octanol–water partition coefficient (Wildman–Crippen LogP) is 3.71. The zero-order valence-electron chi connectivity index (χ0n) is 13.2. The Morgan fingerprint density at radius 1 is 1.22 bits per heavy atom. The Kier molecular flexibility index (Phi) is 4.61. The third-order valence-electron chi connectivity index (χ3n) is 3.67. The maximum absolute atomic E-state index is 10.6. The van der Waals surface area contributed by atoms with Gasteiger partial charge in [-0.3, -0.25) is 0 Å². The van der Waals surface area contributed by atoms with Crippen LogP contribution in [0.25, 0.3) is 10.8 Å². The molecule has 1 unspecified atom stereocenters. The van der Waals surface area contributed by atoms with Gasteiger partial charge in [-0.2, -0.15) is 0 Å². The minimum absolute atomic E-state index is 0.476. The first-order valence-electron chi connectivity index (χ1n) is 7.55. The number of benzene rings is 1. The molecule has 0 radical (unpaired) electrons. The topological polar surface area (TPSA) is 58.3 Å². The highest BCUT2D eigenvalue weighted by atomic mass is 32.1. The van der Waals surface area contributed by atoms with Crippen molar-refractivity contribution >= 4 is 11.3 Å². The highest BCUT2D eigenvalue weighted by Crippen LogP contribution is 2.27. The predicted molar refractivity (Wildman–Crippen MR) is 92.3 cm³/mol. The lowest BCUT2D eigenvalue weighted by atomic mass is 9.96. The molecule has 2 N–H and O–H groups in total. The van der Waals surface area contributed by atoms with Crippen molar-refractivity contribution in [3.05, 3.63) is 64.9 Å². The van der Waals surface area contributed by atoms with E-state index in [0.717, 1.165) is 27.0 Å². The van der Waals surface area contributed by atoms with Crippen LogP contribution in [0.4, 0.5) is 0 Å². The minimum Gasteiger partial charge on any atom is -0.459 e. The second kappa shape index (κ2) is 6.66. The number of hydrogen-bond donors (Lipinski definition) is 2. The molecule has 0 aliphatic heterocycles. The van der Waals surface area contributed by atoms with Crippen molar-refractivity contribution in [3.63, 3.8) is 0 Å². The van der Waals surface area contributed by atoms with Gasteiger partial charge in [-0.25, -0.2) is 4.98 Å². The van der Waals surface area contributed by atoms with Gasteiger partial charge in [-0.1, -0.05) is 30.3 Å². The second-order valence-corrected chi connectivity index (χ2v) is 6.90. The number of aromatic nitrogens is 1. The molecule has 0 spiro atoms. The van der Waals surface area contributed by atoms with Crippen LogP contribution >= 0.6 is 11.3 Å². The van der Waals surface area contributed by atoms with E-state index in [1.165, 1.54) is 0 Å². The molecule has 1 aromatic carbocycles. The molecule has 2 heterocycles. The molecule has 0 bridgehead atoms. The van der Waals surface area contributed by atoms with Crippen LogP contribution in [0, 0.1) is 6.92 Å². The van der Waals surface area contributed by atoms with E-state index in [-0.39, 0.29) is 0 Å². The van der Waals surface area contributed by atoms with Crippen molar-refractivity contribution in [2.75, 3.05) is 6.54 Å². The number of thiazole rings is 1. The summed E-state index contributed by atoms with van der Waals surface area (Å²) in [7, 11) is 0. The molecule has 0 saturated heterocycles. The van der Waals surface area contributed by atoms with E-state index in [9.17, 15) is 5.11 Å². The van der Waals surface area contributed by atoms with Gasteiger partial charge in [0.25, 0.3) is 0 Å². The number of rotatable bonds is 6. The van der Waals surface area contributed by atoms with E-state index in [1.54, 1.807) is 11.3 Å². The standard InChI is InChI=1S/C18H20N2O2S/c1-13-8-9-16(22-13)17-20-11-15(23-17)10-19-12-18(2,21)14-6-4-3-5-7-14/h3-9,11,19,21H,10,12H2,1-2H3. The lowest BCUT2D eigenvalue weighted by molar-refractivity contribution is 0.0567. The molecule has 4 nitrogen and oxygen atoms in total. The second-order valence-electron chi connectivity index (χ2n) is 5.79. The van der Waals surface area contributed by atoms with E-state index >= 15 is 0 Å². The van der Waals surface area contributed by atoms with Gasteiger partial charge in [0.05, 0.1) is 5.60 Å². The fourth-order valence-electron chi connectivity index (χ4n) is 2.38. The summed E-state index contributed by atoms with van der Waals surface area (Å²) >= 11 is 1.60. The molecule has 0 fully saturated rings. The third-order valence-corrected chi connectivity index (χ3v) is 4.68. The van der Waals surface area contributed by atoms with E-state index in [4.69, 9.17) is 4.42 Å². The summed E-state index contributed by atoms with van der Waals surface area (Å²) in [5.41, 5.74) is 0.0101. The Balaban J connectivity index is 1.58. The summed E-state index contributed by atoms with van der Waals surface area (Å²) in [5.74, 6) is 1.68. The monoisotopic (exact) mass is 328 g/mol. The Hall–Kier alpha value is -1.95. The van der Waals surface area contributed by atoms with Gasteiger partial charge < -0.3 is 14.8 Å². The van der Waals surface area contributed by atoms with Crippen LogP contribution in [0.2, 0.25) is 0 Å². The van der Waals surface area contributed by atoms with Crippen molar-refractivity contribution in [1.29, 1.82) is 0 Å². The molecular weight excluding hydrogens is 308 g/mol. The fraction of sp³-hybridized carbons (Fsp3) is 0.278. The van der Waals surface area contributed by atoms with Crippen molar-refractivity contribution in [3.8, 4) is 10.8 Å². The smallest absolute Gasteiger partial charge is 0.162 e. The zero-order chi connectivity index (χ0) is 16.3. The maximum Gasteiger partial charge on any atom is 0.162 e. The summed E-state index contributed by atoms with van der Waals surface area (Å²) in [6.07, 6.45) is 1.85. The first kappa shape index (κ1) is 15.9. The normalized spacial score (nSPS) is 13.9. The molecule has 2 aromatic heterocycles. The number of hydrogen-bond acceptors (Lipinski definition) is 5. The highest BCUT2D eigenvalue weighted by molar-refractivity contribution is 7.14. The van der Waals surface area contributed by atoms with Crippen molar-refractivity contribution in [2.24, 2.45) is 0 Å². The van der Waals surface area contributed by atoms with Gasteiger partial charge in [-0.05, 0) is 31.5 Å². The number of aliphatic hydroxyl groups is 1. The molecule has 3 rings (SSSR count). The van der Waals surface area contributed by atoms with E-state index in [0.29, 0.717) is 13.1 Å². The number of nitrogens with one attached hydrogen (secondary N) is 1. The summed E-state index contributed by atoms with van der Waals surface area (Å²) in [5, 5.41) is 14.7. The maximum atomic E-state index is 10.6. The average Bonchev–Trinajstić information content (AvgIpc) is 3.17. The first-order chi connectivity index (χ1) is 11.0. The SMILES string of the molecule is Cc1ccc(-c2ncc(CNCC(C)(O)c3ccccc3)s2)o1. The Morgan fingerprint density at radius 3 is 2.70 bits per heavy atom. The number of aryl methyl sites for hydroxylation is 1. The van der Waals surface area contributed by atoms with E-state index in [1.807, 2.05) is 62.5 Å². The molecule has 1 atom stereocenters. The van der Waals surface area contributed by atoms with Crippen molar-refractivity contribution in [1.82, 2.24) is 10.3 Å². The summed E-state index contributed by atoms with van der Waals surface area (Å²) in [6, 6.07) is 13.6. The fourth-order valence-corrected chi connectivity index (χ4v) is 3.22. The van der Waals surface area contributed by atoms with Crippen LogP contribution in [0.3, 0.4) is 0 Å². The highest BCUT2D eigenvalue weighted by Gasteiger charge is 2.22. The van der Waals surface area contributed by atoms with Gasteiger partial charge in [0.15, 0.2) is 10.8 Å². The largest absolute Gasteiger partial charge is 0.459 e. The first-order valence-corrected chi connectivity index (χ1v) is 8.36. The van der Waals surface area contributed by atoms with Crippen molar-refractivity contribution < 1.29 is 9.52 Å². The van der Waals surface area contributed by atoms with Crippen molar-refractivity contribution in [2.45, 2.75) is 26.0 Å². The third kappa shape index (κ3) is 3.88. The molecule has 23 heavy (non-hydrogen) atoms. The zero-order valence-corrected chi connectivity index (χ0v) is 14.1. The van der Waals surface area contributed by atoms with Gasteiger partial charge in [-0.15, -0.1) is 11.3 Å². The lowest BCUT2D eigenvalue weighted by Gasteiger charge is -2.24. The molecule has 0 aliphatic carbocycles. The lowest BCUT2D eigenvalue weighted by Crippen LogP contribution is -2.34. The Morgan fingerprint density at radius 2 is 2.00 bits per heavy atom. The molecule has 0 amide bonds.